The highest BCUT2D eigenvalue weighted by atomic mass is 16.5. The number of nitrogens with one attached hydrogen (secondary N) is 1. The number of carbonyl (C=O) groups is 2. The van der Waals surface area contributed by atoms with Crippen LogP contribution in [0.25, 0.3) is 22.4 Å². The minimum Gasteiger partial charge on any atom is -0.481 e. The highest BCUT2D eigenvalue weighted by molar-refractivity contribution is 6.07. The first-order chi connectivity index (χ1) is 13.9. The van der Waals surface area contributed by atoms with E-state index in [1.165, 1.54) is 0 Å². The molecule has 0 aliphatic rings. The molecule has 0 bridgehead atoms. The Bertz CT molecular complexity index is 1030. The van der Waals surface area contributed by atoms with Gasteiger partial charge in [-0.15, -0.1) is 0 Å². The molecular formula is C21H25N3O5. The molecule has 29 heavy (non-hydrogen) atoms. The Hall–Kier alpha value is -3.16. The summed E-state index contributed by atoms with van der Waals surface area (Å²) in [5, 5.41) is 16.1. The van der Waals surface area contributed by atoms with Gasteiger partial charge in [0.05, 0.1) is 22.3 Å². The molecule has 3 aromatic rings. The highest BCUT2D eigenvalue weighted by Gasteiger charge is 2.20. The van der Waals surface area contributed by atoms with Crippen molar-refractivity contribution in [3.63, 3.8) is 0 Å². The molecule has 0 saturated heterocycles. The second kappa shape index (κ2) is 8.89. The minimum atomic E-state index is -0.775. The van der Waals surface area contributed by atoms with E-state index in [0.717, 1.165) is 36.3 Å². The van der Waals surface area contributed by atoms with Crippen molar-refractivity contribution >= 4 is 23.0 Å². The SMILES string of the molecule is Cc1cc(-c2cc(C(=O)NCCCCCCC(=O)O)c3c(C)noc3n2)c(C)o1. The average molecular weight is 399 g/mol. The molecule has 0 fully saturated rings. The maximum absolute atomic E-state index is 12.9. The number of amides is 1. The first-order valence-corrected chi connectivity index (χ1v) is 9.71. The van der Waals surface area contributed by atoms with Gasteiger partial charge in [-0.05, 0) is 45.7 Å². The molecule has 0 atom stereocenters. The first kappa shape index (κ1) is 20.6. The first-order valence-electron chi connectivity index (χ1n) is 9.71. The zero-order chi connectivity index (χ0) is 21.0. The van der Waals surface area contributed by atoms with E-state index in [-0.39, 0.29) is 12.3 Å². The Morgan fingerprint density at radius 1 is 1.10 bits per heavy atom. The summed E-state index contributed by atoms with van der Waals surface area (Å²) < 4.78 is 10.9. The maximum Gasteiger partial charge on any atom is 0.303 e. The molecule has 0 radical (unpaired) electrons. The molecule has 0 aromatic carbocycles. The number of carboxylic acid groups (broad SMARTS) is 1. The quantitative estimate of drug-likeness (QED) is 0.518. The van der Waals surface area contributed by atoms with Crippen LogP contribution in [0.15, 0.2) is 21.1 Å². The third-order valence-electron chi connectivity index (χ3n) is 4.78. The highest BCUT2D eigenvalue weighted by Crippen LogP contribution is 2.30. The van der Waals surface area contributed by atoms with Crippen LogP contribution in [-0.4, -0.2) is 33.7 Å². The number of hydrogen-bond acceptors (Lipinski definition) is 6. The van der Waals surface area contributed by atoms with E-state index in [1.807, 2.05) is 19.9 Å². The van der Waals surface area contributed by atoms with E-state index in [4.69, 9.17) is 14.0 Å². The predicted molar refractivity (Wildman–Crippen MR) is 107 cm³/mol. The summed E-state index contributed by atoms with van der Waals surface area (Å²) in [5.41, 5.74) is 2.80. The van der Waals surface area contributed by atoms with Crippen LogP contribution < -0.4 is 5.32 Å². The van der Waals surface area contributed by atoms with Gasteiger partial charge in [-0.2, -0.15) is 0 Å². The van der Waals surface area contributed by atoms with E-state index in [1.54, 1.807) is 13.0 Å². The van der Waals surface area contributed by atoms with Gasteiger partial charge < -0.3 is 19.4 Å². The Kier molecular flexibility index (Phi) is 6.31. The van der Waals surface area contributed by atoms with Crippen LogP contribution in [0.3, 0.4) is 0 Å². The number of carboxylic acids is 1. The molecule has 0 saturated carbocycles. The van der Waals surface area contributed by atoms with E-state index < -0.39 is 5.97 Å². The van der Waals surface area contributed by atoms with E-state index >= 15 is 0 Å². The largest absolute Gasteiger partial charge is 0.481 e. The van der Waals surface area contributed by atoms with Gasteiger partial charge in [-0.1, -0.05) is 18.0 Å². The van der Waals surface area contributed by atoms with Crippen LogP contribution in [0, 0.1) is 20.8 Å². The number of fused-ring (bicyclic) bond motifs is 1. The number of aliphatic carboxylic acids is 1. The number of carbonyl (C=O) groups excluding carboxylic acids is 1. The summed E-state index contributed by atoms with van der Waals surface area (Å²) in [6.45, 7) is 6.00. The van der Waals surface area contributed by atoms with Gasteiger partial charge in [0.2, 0.25) is 0 Å². The van der Waals surface area contributed by atoms with Crippen molar-refractivity contribution in [3.8, 4) is 11.3 Å². The van der Waals surface area contributed by atoms with Crippen molar-refractivity contribution < 1.29 is 23.6 Å². The summed E-state index contributed by atoms with van der Waals surface area (Å²) >= 11 is 0. The van der Waals surface area contributed by atoms with Gasteiger partial charge in [-0.3, -0.25) is 9.59 Å². The summed E-state index contributed by atoms with van der Waals surface area (Å²) in [5.74, 6) is 0.497. The second-order valence-electron chi connectivity index (χ2n) is 7.14. The van der Waals surface area contributed by atoms with Crippen LogP contribution in [0.4, 0.5) is 0 Å². The van der Waals surface area contributed by atoms with E-state index in [2.05, 4.69) is 15.5 Å². The van der Waals surface area contributed by atoms with Gasteiger partial charge in [0, 0.05) is 18.5 Å². The standard InChI is InChI=1S/C21H25N3O5/c1-12-10-15(14(3)28-12)17-11-16(19-13(2)24-29-21(19)23-17)20(27)22-9-7-5-4-6-8-18(25)26/h10-11H,4-9H2,1-3H3,(H,22,27)(H,25,26). The van der Waals surface area contributed by atoms with Crippen LogP contribution in [-0.2, 0) is 4.79 Å². The number of aromatic nitrogens is 2. The number of unbranched alkanes of at least 4 members (excludes halogenated alkanes) is 3. The van der Waals surface area contributed by atoms with Crippen molar-refractivity contribution in [2.24, 2.45) is 0 Å². The lowest BCUT2D eigenvalue weighted by Gasteiger charge is -2.08. The number of hydrogen-bond donors (Lipinski definition) is 2. The number of pyridine rings is 1. The predicted octanol–water partition coefficient (Wildman–Crippen LogP) is 4.17. The molecule has 8 nitrogen and oxygen atoms in total. The topological polar surface area (TPSA) is 118 Å². The lowest BCUT2D eigenvalue weighted by Crippen LogP contribution is -2.25. The summed E-state index contributed by atoms with van der Waals surface area (Å²) in [4.78, 5) is 27.9. The molecule has 0 aliphatic heterocycles. The Labute approximate surface area is 168 Å². The lowest BCUT2D eigenvalue weighted by atomic mass is 10.1. The Morgan fingerprint density at radius 2 is 1.86 bits per heavy atom. The number of aryl methyl sites for hydroxylation is 3. The fourth-order valence-corrected chi connectivity index (χ4v) is 3.35. The van der Waals surface area contributed by atoms with Crippen LogP contribution in [0.5, 0.6) is 0 Å². The maximum atomic E-state index is 12.9. The lowest BCUT2D eigenvalue weighted by molar-refractivity contribution is -0.137. The second-order valence-corrected chi connectivity index (χ2v) is 7.14. The normalized spacial score (nSPS) is 11.1. The molecule has 3 aromatic heterocycles. The van der Waals surface area contributed by atoms with Gasteiger partial charge in [0.15, 0.2) is 0 Å². The molecule has 154 valence electrons. The molecule has 3 heterocycles. The third-order valence-corrected chi connectivity index (χ3v) is 4.78. The molecule has 1 amide bonds. The molecule has 0 aliphatic carbocycles. The zero-order valence-electron chi connectivity index (χ0n) is 16.9. The number of nitrogens with zero attached hydrogens (tertiary/aromatic N) is 2. The molecule has 0 spiro atoms. The van der Waals surface area contributed by atoms with Crippen molar-refractivity contribution in [3.05, 3.63) is 34.9 Å². The van der Waals surface area contributed by atoms with Gasteiger partial charge in [-0.25, -0.2) is 4.98 Å². The van der Waals surface area contributed by atoms with Crippen LogP contribution in [0.1, 0.15) is 59.7 Å². The monoisotopic (exact) mass is 399 g/mol. The number of furan rings is 1. The molecule has 8 heteroatoms. The molecule has 2 N–H and O–H groups in total. The summed E-state index contributed by atoms with van der Waals surface area (Å²) in [7, 11) is 0. The molecule has 0 unspecified atom stereocenters. The fourth-order valence-electron chi connectivity index (χ4n) is 3.35. The van der Waals surface area contributed by atoms with Crippen molar-refractivity contribution in [2.75, 3.05) is 6.54 Å². The molecule has 3 rings (SSSR count). The Balaban J connectivity index is 1.73. The third kappa shape index (κ3) is 4.82. The Morgan fingerprint density at radius 3 is 2.55 bits per heavy atom. The van der Waals surface area contributed by atoms with Gasteiger partial charge in [0.25, 0.3) is 11.6 Å². The van der Waals surface area contributed by atoms with Crippen molar-refractivity contribution in [1.29, 1.82) is 0 Å². The van der Waals surface area contributed by atoms with Crippen molar-refractivity contribution in [2.45, 2.75) is 52.9 Å². The van der Waals surface area contributed by atoms with Crippen molar-refractivity contribution in [1.82, 2.24) is 15.5 Å². The number of rotatable bonds is 9. The zero-order valence-corrected chi connectivity index (χ0v) is 16.9. The van der Waals surface area contributed by atoms with Crippen LogP contribution in [0.2, 0.25) is 0 Å². The van der Waals surface area contributed by atoms with Gasteiger partial charge in [0.1, 0.15) is 11.5 Å². The van der Waals surface area contributed by atoms with E-state index in [9.17, 15) is 9.59 Å². The van der Waals surface area contributed by atoms with Crippen LogP contribution >= 0.6 is 0 Å². The summed E-state index contributed by atoms with van der Waals surface area (Å²) in [6.07, 6.45) is 3.32. The van der Waals surface area contributed by atoms with Gasteiger partial charge >= 0.3 is 5.97 Å². The summed E-state index contributed by atoms with van der Waals surface area (Å²) in [6, 6.07) is 3.62. The molecular weight excluding hydrogens is 374 g/mol. The average Bonchev–Trinajstić information content (AvgIpc) is 3.21. The van der Waals surface area contributed by atoms with E-state index in [0.29, 0.717) is 41.0 Å². The fraction of sp³-hybridized carbons (Fsp3) is 0.429. The minimum absolute atomic E-state index is 0.184. The smallest absolute Gasteiger partial charge is 0.303 e.